The second-order valence-electron chi connectivity index (χ2n) is 7.15. The molecule has 0 spiro atoms. The van der Waals surface area contributed by atoms with Gasteiger partial charge in [-0.25, -0.2) is 12.7 Å². The minimum Gasteiger partial charge on any atom is -0.313 e. The summed E-state index contributed by atoms with van der Waals surface area (Å²) in [6.45, 7) is 11.1. The molecule has 2 atom stereocenters. The summed E-state index contributed by atoms with van der Waals surface area (Å²) in [5.41, 5.74) is 0.453. The van der Waals surface area contributed by atoms with Crippen LogP contribution in [0.25, 0.3) is 0 Å². The monoisotopic (exact) mass is 288 g/mol. The van der Waals surface area contributed by atoms with Gasteiger partial charge in [0.25, 0.3) is 0 Å². The molecule has 1 saturated carbocycles. The van der Waals surface area contributed by atoms with Crippen LogP contribution in [0.4, 0.5) is 0 Å². The highest BCUT2D eigenvalue weighted by molar-refractivity contribution is 7.89. The normalized spacial score (nSPS) is 32.4. The summed E-state index contributed by atoms with van der Waals surface area (Å²) >= 11 is 0. The van der Waals surface area contributed by atoms with Crippen LogP contribution in [0.15, 0.2) is 0 Å². The molecule has 0 aromatic rings. The van der Waals surface area contributed by atoms with Crippen LogP contribution in [-0.2, 0) is 10.0 Å². The second-order valence-corrected chi connectivity index (χ2v) is 9.41. The number of hydrogen-bond donors (Lipinski definition) is 1. The fourth-order valence-corrected chi connectivity index (χ4v) is 4.79. The number of sulfonamides is 1. The molecule has 2 rings (SSSR count). The zero-order chi connectivity index (χ0) is 14.3. The average molecular weight is 288 g/mol. The largest absolute Gasteiger partial charge is 0.313 e. The Hall–Kier alpha value is -0.130. The van der Waals surface area contributed by atoms with Gasteiger partial charge in [0.15, 0.2) is 0 Å². The smallest absolute Gasteiger partial charge is 0.213 e. The summed E-state index contributed by atoms with van der Waals surface area (Å²) in [7, 11) is -2.96. The van der Waals surface area contributed by atoms with E-state index in [9.17, 15) is 8.42 Å². The summed E-state index contributed by atoms with van der Waals surface area (Å²) in [6.07, 6.45) is 2.52. The predicted molar refractivity (Wildman–Crippen MR) is 78.5 cm³/mol. The molecule has 1 heterocycles. The van der Waals surface area contributed by atoms with E-state index in [1.165, 1.54) is 12.8 Å². The highest BCUT2D eigenvalue weighted by Gasteiger charge is 2.38. The molecule has 5 heteroatoms. The first-order chi connectivity index (χ1) is 8.73. The van der Waals surface area contributed by atoms with Gasteiger partial charge in [-0.1, -0.05) is 20.8 Å². The maximum absolute atomic E-state index is 11.6. The molecule has 0 amide bonds. The van der Waals surface area contributed by atoms with Crippen molar-refractivity contribution in [1.82, 2.24) is 9.62 Å². The fraction of sp³-hybridized carbons (Fsp3) is 1.00. The van der Waals surface area contributed by atoms with Gasteiger partial charge in [0.1, 0.15) is 0 Å². The lowest BCUT2D eigenvalue weighted by Gasteiger charge is -2.38. The Morgan fingerprint density at radius 1 is 1.26 bits per heavy atom. The van der Waals surface area contributed by atoms with Crippen molar-refractivity contribution in [3.63, 3.8) is 0 Å². The molecule has 1 aliphatic carbocycles. The van der Waals surface area contributed by atoms with Gasteiger partial charge in [-0.3, -0.25) is 0 Å². The van der Waals surface area contributed by atoms with E-state index in [1.54, 1.807) is 11.2 Å². The van der Waals surface area contributed by atoms with E-state index in [-0.39, 0.29) is 5.75 Å². The lowest BCUT2D eigenvalue weighted by Crippen LogP contribution is -2.54. The first-order valence-corrected chi connectivity index (χ1v) is 9.05. The maximum atomic E-state index is 11.6. The first-order valence-electron chi connectivity index (χ1n) is 7.45. The van der Waals surface area contributed by atoms with Crippen LogP contribution in [0.5, 0.6) is 0 Å². The fourth-order valence-electron chi connectivity index (χ4n) is 3.55. The van der Waals surface area contributed by atoms with Crippen molar-refractivity contribution >= 4 is 10.0 Å². The first kappa shape index (κ1) is 15.3. The zero-order valence-electron chi connectivity index (χ0n) is 12.6. The number of hydrogen-bond acceptors (Lipinski definition) is 3. The highest BCUT2D eigenvalue weighted by atomic mass is 32.2. The van der Waals surface area contributed by atoms with Crippen LogP contribution in [0.1, 0.15) is 40.5 Å². The molecule has 2 unspecified atom stereocenters. The van der Waals surface area contributed by atoms with Gasteiger partial charge in [-0.05, 0) is 37.0 Å². The molecule has 2 fully saturated rings. The van der Waals surface area contributed by atoms with Crippen LogP contribution < -0.4 is 5.32 Å². The van der Waals surface area contributed by atoms with Gasteiger partial charge < -0.3 is 5.32 Å². The van der Waals surface area contributed by atoms with Gasteiger partial charge >= 0.3 is 0 Å². The molecule has 0 radical (unpaired) electrons. The van der Waals surface area contributed by atoms with Gasteiger partial charge in [-0.15, -0.1) is 0 Å². The van der Waals surface area contributed by atoms with E-state index < -0.39 is 10.0 Å². The third-order valence-electron chi connectivity index (χ3n) is 4.68. The van der Waals surface area contributed by atoms with Gasteiger partial charge in [0, 0.05) is 25.7 Å². The SMILES string of the molecule is CCS(=O)(=O)N1CC(CNC2CC(C)(C)CC2C)C1. The molecule has 19 heavy (non-hydrogen) atoms. The topological polar surface area (TPSA) is 49.4 Å². The van der Waals surface area contributed by atoms with E-state index in [1.807, 2.05) is 0 Å². The summed E-state index contributed by atoms with van der Waals surface area (Å²) in [6, 6.07) is 0.604. The van der Waals surface area contributed by atoms with Crippen molar-refractivity contribution in [2.75, 3.05) is 25.4 Å². The Balaban J connectivity index is 1.72. The highest BCUT2D eigenvalue weighted by Crippen LogP contribution is 2.40. The molecule has 1 N–H and O–H groups in total. The molecular formula is C14H28N2O2S. The standard InChI is InChI=1S/C14H28N2O2S/c1-5-19(17,18)16-9-12(10-16)8-15-13-7-14(3,4)6-11(13)2/h11-13,15H,5-10H2,1-4H3. The van der Waals surface area contributed by atoms with Crippen molar-refractivity contribution < 1.29 is 8.42 Å². The maximum Gasteiger partial charge on any atom is 0.213 e. The Bertz CT molecular complexity index is 413. The van der Waals surface area contributed by atoms with Crippen molar-refractivity contribution in [1.29, 1.82) is 0 Å². The van der Waals surface area contributed by atoms with E-state index in [4.69, 9.17) is 0 Å². The van der Waals surface area contributed by atoms with Crippen LogP contribution in [0.3, 0.4) is 0 Å². The van der Waals surface area contributed by atoms with Crippen molar-refractivity contribution in [2.24, 2.45) is 17.3 Å². The molecule has 1 aliphatic heterocycles. The summed E-state index contributed by atoms with van der Waals surface area (Å²) in [5, 5.41) is 3.66. The van der Waals surface area contributed by atoms with E-state index in [0.29, 0.717) is 30.5 Å². The van der Waals surface area contributed by atoms with Crippen molar-refractivity contribution in [2.45, 2.75) is 46.6 Å². The minimum absolute atomic E-state index is 0.223. The number of rotatable bonds is 5. The van der Waals surface area contributed by atoms with Gasteiger partial charge in [-0.2, -0.15) is 0 Å². The molecule has 0 aromatic heterocycles. The van der Waals surface area contributed by atoms with E-state index in [0.717, 1.165) is 12.5 Å². The summed E-state index contributed by atoms with van der Waals surface area (Å²) in [5.74, 6) is 1.45. The minimum atomic E-state index is -2.96. The summed E-state index contributed by atoms with van der Waals surface area (Å²) < 4.78 is 24.9. The van der Waals surface area contributed by atoms with E-state index >= 15 is 0 Å². The molecule has 1 saturated heterocycles. The molecule has 0 aromatic carbocycles. The van der Waals surface area contributed by atoms with Crippen LogP contribution in [0.2, 0.25) is 0 Å². The predicted octanol–water partition coefficient (Wildman–Crippen LogP) is 1.68. The Morgan fingerprint density at radius 3 is 2.37 bits per heavy atom. The molecule has 0 bridgehead atoms. The van der Waals surface area contributed by atoms with Crippen molar-refractivity contribution in [3.8, 4) is 0 Å². The summed E-state index contributed by atoms with van der Waals surface area (Å²) in [4.78, 5) is 0. The molecule has 2 aliphatic rings. The van der Waals surface area contributed by atoms with E-state index in [2.05, 4.69) is 26.1 Å². The lowest BCUT2D eigenvalue weighted by molar-refractivity contribution is 0.188. The van der Waals surface area contributed by atoms with Gasteiger partial charge in [0.2, 0.25) is 10.0 Å². The quantitative estimate of drug-likeness (QED) is 0.837. The van der Waals surface area contributed by atoms with Crippen LogP contribution in [-0.4, -0.2) is 44.2 Å². The Kier molecular flexibility index (Phi) is 4.29. The Labute approximate surface area is 118 Å². The number of nitrogens with zero attached hydrogens (tertiary/aromatic N) is 1. The van der Waals surface area contributed by atoms with Crippen LogP contribution >= 0.6 is 0 Å². The third-order valence-corrected chi connectivity index (χ3v) is 6.50. The third kappa shape index (κ3) is 3.50. The van der Waals surface area contributed by atoms with Gasteiger partial charge in [0.05, 0.1) is 5.75 Å². The average Bonchev–Trinajstić information content (AvgIpc) is 2.49. The Morgan fingerprint density at radius 2 is 1.89 bits per heavy atom. The zero-order valence-corrected chi connectivity index (χ0v) is 13.5. The molecule has 4 nitrogen and oxygen atoms in total. The molecule has 112 valence electrons. The number of nitrogens with one attached hydrogen (secondary N) is 1. The lowest BCUT2D eigenvalue weighted by atomic mass is 9.91. The second kappa shape index (κ2) is 5.34. The molecular weight excluding hydrogens is 260 g/mol. The van der Waals surface area contributed by atoms with Crippen molar-refractivity contribution in [3.05, 3.63) is 0 Å². The van der Waals surface area contributed by atoms with Crippen LogP contribution in [0, 0.1) is 17.3 Å².